The molecule has 0 fully saturated rings. The number of fused-ring (bicyclic) bond motifs is 1. The van der Waals surface area contributed by atoms with Crippen molar-refractivity contribution in [1.29, 1.82) is 0 Å². The van der Waals surface area contributed by atoms with E-state index in [4.69, 9.17) is 0 Å². The summed E-state index contributed by atoms with van der Waals surface area (Å²) in [5.74, 6) is 0.242. The summed E-state index contributed by atoms with van der Waals surface area (Å²) in [4.78, 5) is 33.2. The van der Waals surface area contributed by atoms with Crippen LogP contribution in [0.5, 0.6) is 0 Å². The molecule has 0 radical (unpaired) electrons. The maximum atomic E-state index is 12.5. The van der Waals surface area contributed by atoms with E-state index in [0.29, 0.717) is 13.1 Å². The third-order valence-corrected chi connectivity index (χ3v) is 3.67. The van der Waals surface area contributed by atoms with Crippen molar-refractivity contribution in [2.24, 2.45) is 7.05 Å². The summed E-state index contributed by atoms with van der Waals surface area (Å²) < 4.78 is 2.38. The van der Waals surface area contributed by atoms with E-state index in [0.717, 1.165) is 10.1 Å². The lowest BCUT2D eigenvalue weighted by Gasteiger charge is -2.11. The Morgan fingerprint density at radius 2 is 2.04 bits per heavy atom. The lowest BCUT2D eigenvalue weighted by molar-refractivity contribution is 0.659. The molecule has 0 aliphatic carbocycles. The minimum atomic E-state index is -0.506. The number of hydrogen-bond donors (Lipinski definition) is 2. The quantitative estimate of drug-likeness (QED) is 0.545. The second-order valence-corrected chi connectivity index (χ2v) is 5.43. The Kier molecular flexibility index (Phi) is 4.80. The zero-order valence-electron chi connectivity index (χ0n) is 13.9. The smallest absolute Gasteiger partial charge is 0.332 e. The average Bonchev–Trinajstić information content (AvgIpc) is 2.64. The highest BCUT2D eigenvalue weighted by Crippen LogP contribution is 2.06. The normalized spacial score (nSPS) is 11.0. The van der Waals surface area contributed by atoms with E-state index in [1.54, 1.807) is 18.5 Å². The van der Waals surface area contributed by atoms with Crippen molar-refractivity contribution in [3.05, 3.63) is 50.9 Å². The molecule has 0 aliphatic heterocycles. The molecule has 3 aromatic heterocycles. The first-order chi connectivity index (χ1) is 12.1. The van der Waals surface area contributed by atoms with Gasteiger partial charge in [0.1, 0.15) is 0 Å². The third kappa shape index (κ3) is 3.38. The average molecular weight is 342 g/mol. The molecule has 0 unspecified atom stereocenters. The van der Waals surface area contributed by atoms with E-state index >= 15 is 0 Å². The topological polar surface area (TPSA) is 120 Å². The minimum absolute atomic E-state index is 0.0907. The predicted octanol–water partition coefficient (Wildman–Crippen LogP) is -1.04. The van der Waals surface area contributed by atoms with Gasteiger partial charge in [0.05, 0.1) is 6.54 Å². The minimum Gasteiger partial charge on any atom is -0.352 e. The van der Waals surface area contributed by atoms with E-state index in [2.05, 4.69) is 30.8 Å². The van der Waals surface area contributed by atoms with Crippen molar-refractivity contribution < 1.29 is 0 Å². The molecule has 0 spiro atoms. The second kappa shape index (κ2) is 7.18. The number of hydrogen-bond acceptors (Lipinski definition) is 8. The van der Waals surface area contributed by atoms with Crippen molar-refractivity contribution in [2.75, 3.05) is 25.5 Å². The first-order valence-electron chi connectivity index (χ1n) is 7.73. The number of nitrogens with zero attached hydrogens (tertiary/aromatic N) is 6. The van der Waals surface area contributed by atoms with Gasteiger partial charge in [0, 0.05) is 32.5 Å². The fraction of sp³-hybridized carbons (Fsp3) is 0.333. The molecule has 10 heteroatoms. The lowest BCUT2D eigenvalue weighted by atomic mass is 10.3. The Morgan fingerprint density at radius 3 is 2.76 bits per heavy atom. The van der Waals surface area contributed by atoms with Crippen molar-refractivity contribution in [2.45, 2.75) is 6.54 Å². The number of pyridine rings is 1. The summed E-state index contributed by atoms with van der Waals surface area (Å²) in [6.45, 7) is 1.51. The van der Waals surface area contributed by atoms with Crippen LogP contribution in [-0.4, -0.2) is 49.4 Å². The van der Waals surface area contributed by atoms with Crippen LogP contribution in [0.15, 0.2) is 34.1 Å². The monoisotopic (exact) mass is 342 g/mol. The number of anilines is 1. The van der Waals surface area contributed by atoms with Crippen LogP contribution in [0, 0.1) is 0 Å². The number of nitrogens with one attached hydrogen (secondary N) is 2. The summed E-state index contributed by atoms with van der Waals surface area (Å²) in [7, 11) is 3.24. The Balaban J connectivity index is 2.10. The van der Waals surface area contributed by atoms with Crippen LogP contribution in [0.1, 0.15) is 5.56 Å². The van der Waals surface area contributed by atoms with Crippen LogP contribution in [0.4, 0.5) is 5.95 Å². The predicted molar refractivity (Wildman–Crippen MR) is 92.6 cm³/mol. The van der Waals surface area contributed by atoms with Gasteiger partial charge in [-0.15, -0.1) is 10.2 Å². The standard InChI is InChI=1S/C15H18N8O2/c1-16-6-7-18-14-19-11-12(20-21-14)23(15(25)22(2)13(11)24)9-10-4-3-5-17-8-10/h3-5,8,16H,6-7,9H2,1-2H3,(H,18,19,21). The molecular weight excluding hydrogens is 324 g/mol. The van der Waals surface area contributed by atoms with Crippen LogP contribution >= 0.6 is 0 Å². The largest absolute Gasteiger partial charge is 0.352 e. The molecule has 10 nitrogen and oxygen atoms in total. The van der Waals surface area contributed by atoms with E-state index in [-0.39, 0.29) is 23.7 Å². The zero-order chi connectivity index (χ0) is 17.8. The fourth-order valence-electron chi connectivity index (χ4n) is 2.35. The molecule has 3 aromatic rings. The van der Waals surface area contributed by atoms with Gasteiger partial charge in [-0.3, -0.25) is 18.9 Å². The Bertz CT molecular complexity index is 996. The molecule has 25 heavy (non-hydrogen) atoms. The lowest BCUT2D eigenvalue weighted by Crippen LogP contribution is -2.39. The number of likely N-dealkylation sites (N-methyl/N-ethyl adjacent to an activating group) is 1. The van der Waals surface area contributed by atoms with E-state index in [1.807, 2.05) is 13.1 Å². The SMILES string of the molecule is CNCCNc1nnc2c(n1)c(=O)n(C)c(=O)n2Cc1cccnc1. The van der Waals surface area contributed by atoms with Crippen LogP contribution in [0.2, 0.25) is 0 Å². The van der Waals surface area contributed by atoms with Crippen molar-refractivity contribution in [1.82, 2.24) is 34.6 Å². The van der Waals surface area contributed by atoms with Crippen LogP contribution in [-0.2, 0) is 13.6 Å². The summed E-state index contributed by atoms with van der Waals surface area (Å²) in [6, 6.07) is 3.61. The molecule has 0 aromatic carbocycles. The van der Waals surface area contributed by atoms with Crippen molar-refractivity contribution in [3.8, 4) is 0 Å². The summed E-state index contributed by atoms with van der Waals surface area (Å²) >= 11 is 0. The summed E-state index contributed by atoms with van der Waals surface area (Å²) in [5, 5.41) is 14.0. The number of aromatic nitrogens is 6. The Morgan fingerprint density at radius 1 is 1.20 bits per heavy atom. The van der Waals surface area contributed by atoms with Gasteiger partial charge < -0.3 is 10.6 Å². The van der Waals surface area contributed by atoms with Gasteiger partial charge in [0.2, 0.25) is 5.95 Å². The maximum absolute atomic E-state index is 12.5. The van der Waals surface area contributed by atoms with E-state index in [9.17, 15) is 9.59 Å². The second-order valence-electron chi connectivity index (χ2n) is 5.43. The zero-order valence-corrected chi connectivity index (χ0v) is 13.9. The van der Waals surface area contributed by atoms with Gasteiger partial charge in [0.15, 0.2) is 11.2 Å². The van der Waals surface area contributed by atoms with Crippen molar-refractivity contribution in [3.63, 3.8) is 0 Å². The van der Waals surface area contributed by atoms with Gasteiger partial charge in [-0.1, -0.05) is 6.07 Å². The molecule has 0 atom stereocenters. The van der Waals surface area contributed by atoms with Crippen molar-refractivity contribution >= 4 is 17.1 Å². The van der Waals surface area contributed by atoms with Gasteiger partial charge in [-0.25, -0.2) is 9.78 Å². The molecule has 2 N–H and O–H groups in total. The van der Waals surface area contributed by atoms with Crippen LogP contribution < -0.4 is 21.9 Å². The molecule has 0 aliphatic rings. The molecule has 0 bridgehead atoms. The molecule has 3 rings (SSSR count). The van der Waals surface area contributed by atoms with Gasteiger partial charge >= 0.3 is 5.69 Å². The van der Waals surface area contributed by atoms with Crippen LogP contribution in [0.3, 0.4) is 0 Å². The van der Waals surface area contributed by atoms with Crippen LogP contribution in [0.25, 0.3) is 11.2 Å². The highest BCUT2D eigenvalue weighted by atomic mass is 16.2. The van der Waals surface area contributed by atoms with Gasteiger partial charge in [0.25, 0.3) is 5.56 Å². The highest BCUT2D eigenvalue weighted by molar-refractivity contribution is 5.69. The number of rotatable bonds is 6. The molecule has 0 saturated heterocycles. The molecule has 0 saturated carbocycles. The summed E-state index contributed by atoms with van der Waals surface area (Å²) in [5.41, 5.74) is 0.0639. The summed E-state index contributed by atoms with van der Waals surface area (Å²) in [6.07, 6.45) is 3.30. The van der Waals surface area contributed by atoms with E-state index in [1.165, 1.54) is 11.6 Å². The molecular formula is C15H18N8O2. The Labute approximate surface area is 142 Å². The van der Waals surface area contributed by atoms with E-state index < -0.39 is 11.2 Å². The fourth-order valence-corrected chi connectivity index (χ4v) is 2.35. The van der Waals surface area contributed by atoms with Gasteiger partial charge in [-0.05, 0) is 18.7 Å². The van der Waals surface area contributed by atoms with Gasteiger partial charge in [-0.2, -0.15) is 0 Å². The first kappa shape index (κ1) is 16.7. The molecule has 130 valence electrons. The first-order valence-corrected chi connectivity index (χ1v) is 7.73. The maximum Gasteiger partial charge on any atom is 0.332 e. The third-order valence-electron chi connectivity index (χ3n) is 3.67. The molecule has 3 heterocycles. The highest BCUT2D eigenvalue weighted by Gasteiger charge is 2.15. The molecule has 0 amide bonds. The Hall–Kier alpha value is -3.14.